The zero-order chi connectivity index (χ0) is 33.7. The van der Waals surface area contributed by atoms with Gasteiger partial charge in [0.1, 0.15) is 5.54 Å². The number of nitrogens with two attached hydrogens (primary N) is 2. The highest BCUT2D eigenvalue weighted by atomic mass is 16.2. The third-order valence-corrected chi connectivity index (χ3v) is 9.23. The molecule has 1 aliphatic rings. The van der Waals surface area contributed by atoms with Crippen LogP contribution in [0.2, 0.25) is 0 Å². The van der Waals surface area contributed by atoms with Crippen LogP contribution >= 0.6 is 0 Å². The van der Waals surface area contributed by atoms with Gasteiger partial charge >= 0.3 is 0 Å². The van der Waals surface area contributed by atoms with Gasteiger partial charge in [0.25, 0.3) is 0 Å². The fourth-order valence-electron chi connectivity index (χ4n) is 6.21. The molecular formula is C36H52N6O4. The number of amides is 3. The minimum absolute atomic E-state index is 0.0441. The van der Waals surface area contributed by atoms with E-state index in [0.717, 1.165) is 24.0 Å². The van der Waals surface area contributed by atoms with E-state index in [-0.39, 0.29) is 41.8 Å². The largest absolute Gasteiger partial charge is 0.370 e. The number of rotatable bonds is 17. The second-order valence-electron chi connectivity index (χ2n) is 12.7. The van der Waals surface area contributed by atoms with E-state index < -0.39 is 23.0 Å². The summed E-state index contributed by atoms with van der Waals surface area (Å²) in [5.41, 5.74) is 10.7. The summed E-state index contributed by atoms with van der Waals surface area (Å²) in [6.07, 6.45) is 4.09. The number of Topliss-reactive ketones (excluding diaryl/α,β-unsaturated/α-hetero) is 1. The number of guanidine groups is 1. The number of benzene rings is 2. The Kier molecular flexibility index (Phi) is 13.3. The molecule has 10 nitrogen and oxygen atoms in total. The van der Waals surface area contributed by atoms with Gasteiger partial charge in [0.15, 0.2) is 11.7 Å². The van der Waals surface area contributed by atoms with Crippen molar-refractivity contribution < 1.29 is 19.2 Å². The molecule has 46 heavy (non-hydrogen) atoms. The van der Waals surface area contributed by atoms with E-state index in [2.05, 4.69) is 20.9 Å². The maximum Gasteiger partial charge on any atom is 0.246 e. The number of nitrogens with one attached hydrogen (secondary N) is 3. The fourth-order valence-corrected chi connectivity index (χ4v) is 6.21. The van der Waals surface area contributed by atoms with Crippen molar-refractivity contribution in [3.8, 4) is 0 Å². The average molecular weight is 633 g/mol. The third-order valence-electron chi connectivity index (χ3n) is 9.23. The van der Waals surface area contributed by atoms with E-state index in [1.54, 1.807) is 13.8 Å². The zero-order valence-electron chi connectivity index (χ0n) is 27.8. The smallest absolute Gasteiger partial charge is 0.246 e. The van der Waals surface area contributed by atoms with Gasteiger partial charge in [-0.3, -0.25) is 24.2 Å². The van der Waals surface area contributed by atoms with E-state index >= 15 is 0 Å². The Morgan fingerprint density at radius 2 is 1.41 bits per heavy atom. The SMILES string of the molecule is CCC(CC)(NC(=O)C(C)C)C(=O)C[C@@H](CCCN=C(N)N)C(=O)NC1(C(=O)NC(c2ccccc2)c2ccccc2)CCCC1. The summed E-state index contributed by atoms with van der Waals surface area (Å²) in [4.78, 5) is 59.0. The molecule has 0 aromatic heterocycles. The highest BCUT2D eigenvalue weighted by Gasteiger charge is 2.45. The van der Waals surface area contributed by atoms with E-state index in [9.17, 15) is 19.2 Å². The summed E-state index contributed by atoms with van der Waals surface area (Å²) >= 11 is 0. The lowest BCUT2D eigenvalue weighted by Gasteiger charge is -2.35. The van der Waals surface area contributed by atoms with Gasteiger partial charge in [-0.15, -0.1) is 0 Å². The van der Waals surface area contributed by atoms with Crippen molar-refractivity contribution in [3.05, 3.63) is 71.8 Å². The number of hydrogen-bond acceptors (Lipinski definition) is 5. The molecule has 0 heterocycles. The third kappa shape index (κ3) is 9.40. The number of nitrogens with zero attached hydrogens (tertiary/aromatic N) is 1. The van der Waals surface area contributed by atoms with E-state index in [0.29, 0.717) is 45.1 Å². The van der Waals surface area contributed by atoms with E-state index in [4.69, 9.17) is 11.5 Å². The highest BCUT2D eigenvalue weighted by molar-refractivity contribution is 5.97. The van der Waals surface area contributed by atoms with Crippen LogP contribution < -0.4 is 27.4 Å². The summed E-state index contributed by atoms with van der Waals surface area (Å²) in [5, 5.41) is 9.34. The van der Waals surface area contributed by atoms with E-state index in [1.165, 1.54) is 0 Å². The molecule has 1 aliphatic carbocycles. The van der Waals surface area contributed by atoms with Crippen LogP contribution in [0.1, 0.15) is 103 Å². The van der Waals surface area contributed by atoms with Crippen molar-refractivity contribution in [2.75, 3.05) is 6.54 Å². The van der Waals surface area contributed by atoms with Gasteiger partial charge in [-0.2, -0.15) is 0 Å². The summed E-state index contributed by atoms with van der Waals surface area (Å²) in [6, 6.07) is 19.1. The monoisotopic (exact) mass is 632 g/mol. The molecule has 3 amide bonds. The van der Waals surface area contributed by atoms with Gasteiger partial charge in [-0.1, -0.05) is 101 Å². The summed E-state index contributed by atoms with van der Waals surface area (Å²) in [7, 11) is 0. The van der Waals surface area contributed by atoms with E-state index in [1.807, 2.05) is 74.5 Å². The molecule has 0 spiro atoms. The minimum Gasteiger partial charge on any atom is -0.370 e. The summed E-state index contributed by atoms with van der Waals surface area (Å²) in [6.45, 7) is 7.59. The lowest BCUT2D eigenvalue weighted by Crippen LogP contribution is -2.59. The van der Waals surface area contributed by atoms with Crippen LogP contribution in [0, 0.1) is 11.8 Å². The Hall–Kier alpha value is -4.21. The van der Waals surface area contributed by atoms with Gasteiger partial charge < -0.3 is 27.4 Å². The van der Waals surface area contributed by atoms with Crippen molar-refractivity contribution in [1.29, 1.82) is 0 Å². The molecule has 2 aromatic carbocycles. The van der Waals surface area contributed by atoms with Crippen molar-refractivity contribution in [1.82, 2.24) is 16.0 Å². The molecule has 0 aliphatic heterocycles. The second kappa shape index (κ2) is 16.9. The highest BCUT2D eigenvalue weighted by Crippen LogP contribution is 2.33. The van der Waals surface area contributed by atoms with Gasteiger partial charge in [0, 0.05) is 24.8 Å². The van der Waals surface area contributed by atoms with Crippen LogP contribution in [0.25, 0.3) is 0 Å². The molecule has 2 aromatic rings. The number of carbonyl (C=O) groups is 4. The molecule has 10 heteroatoms. The summed E-state index contributed by atoms with van der Waals surface area (Å²) < 4.78 is 0. The normalized spacial score (nSPS) is 14.8. The molecular weight excluding hydrogens is 580 g/mol. The molecule has 1 fully saturated rings. The number of hydrogen-bond donors (Lipinski definition) is 5. The predicted octanol–water partition coefficient (Wildman–Crippen LogP) is 4.28. The van der Waals surface area contributed by atoms with Crippen LogP contribution in [0.4, 0.5) is 0 Å². The molecule has 0 bridgehead atoms. The lowest BCUT2D eigenvalue weighted by molar-refractivity contribution is -0.139. The number of carbonyl (C=O) groups excluding carboxylic acids is 4. The number of ketones is 1. The predicted molar refractivity (Wildman–Crippen MR) is 182 cm³/mol. The lowest BCUT2D eigenvalue weighted by atomic mass is 9.81. The topological polar surface area (TPSA) is 169 Å². The maximum atomic E-state index is 14.2. The first-order chi connectivity index (χ1) is 22.0. The fraction of sp³-hybridized carbons (Fsp3) is 0.528. The van der Waals surface area contributed by atoms with Crippen molar-refractivity contribution in [3.63, 3.8) is 0 Å². The van der Waals surface area contributed by atoms with Gasteiger partial charge in [0.05, 0.1) is 11.6 Å². The first-order valence-corrected chi connectivity index (χ1v) is 16.6. The number of aliphatic imine (C=N–C) groups is 1. The van der Waals surface area contributed by atoms with Crippen LogP contribution in [-0.4, -0.2) is 47.1 Å². The van der Waals surface area contributed by atoms with Crippen LogP contribution in [0.15, 0.2) is 65.7 Å². The van der Waals surface area contributed by atoms with Gasteiger partial charge in [-0.05, 0) is 49.7 Å². The average Bonchev–Trinajstić information content (AvgIpc) is 3.53. The Morgan fingerprint density at radius 1 is 0.870 bits per heavy atom. The maximum absolute atomic E-state index is 14.2. The van der Waals surface area contributed by atoms with Crippen molar-refractivity contribution >= 4 is 29.5 Å². The Morgan fingerprint density at radius 3 is 1.89 bits per heavy atom. The van der Waals surface area contributed by atoms with Crippen LogP contribution in [0.5, 0.6) is 0 Å². The van der Waals surface area contributed by atoms with Gasteiger partial charge in [-0.25, -0.2) is 0 Å². The zero-order valence-corrected chi connectivity index (χ0v) is 27.8. The molecule has 250 valence electrons. The van der Waals surface area contributed by atoms with Crippen molar-refractivity contribution in [2.45, 2.75) is 103 Å². The Balaban J connectivity index is 1.88. The standard InChI is InChI=1S/C36H52N6O4/c1-5-35(6-2,41-31(44)25(3)4)29(43)24-28(20-15-23-39-34(37)38)32(45)42-36(21-13-14-22-36)33(46)40-30(26-16-9-7-10-17-26)27-18-11-8-12-19-27/h7-12,16-19,25,28,30H,5-6,13-15,20-24H2,1-4H3,(H,40,46)(H,41,44)(H,42,45)(H4,37,38,39)/t28-/m1/s1. The van der Waals surface area contributed by atoms with Crippen molar-refractivity contribution in [2.24, 2.45) is 28.3 Å². The molecule has 1 atom stereocenters. The first kappa shape index (κ1) is 36.3. The molecule has 0 unspecified atom stereocenters. The molecule has 1 saturated carbocycles. The molecule has 0 radical (unpaired) electrons. The molecule has 7 N–H and O–H groups in total. The second-order valence-corrected chi connectivity index (χ2v) is 12.7. The van der Waals surface area contributed by atoms with Crippen LogP contribution in [0.3, 0.4) is 0 Å². The Bertz CT molecular complexity index is 1290. The molecule has 3 rings (SSSR count). The Labute approximate surface area is 273 Å². The van der Waals surface area contributed by atoms with Crippen LogP contribution in [-0.2, 0) is 19.2 Å². The van der Waals surface area contributed by atoms with Gasteiger partial charge in [0.2, 0.25) is 17.7 Å². The first-order valence-electron chi connectivity index (χ1n) is 16.6. The quantitative estimate of drug-likeness (QED) is 0.0991. The molecule has 0 saturated heterocycles. The summed E-state index contributed by atoms with van der Waals surface area (Å²) in [5.74, 6) is -2.09. The minimum atomic E-state index is -1.11.